The minimum absolute atomic E-state index is 0.0102. The molecule has 2 heterocycles. The largest absolute Gasteiger partial charge is 0.393 e. The zero-order chi connectivity index (χ0) is 43.0. The molecule has 2 rings (SSSR count). The van der Waals surface area contributed by atoms with Gasteiger partial charge in [0.1, 0.15) is 0 Å². The van der Waals surface area contributed by atoms with Crippen molar-refractivity contribution < 1.29 is 28.7 Å². The lowest BCUT2D eigenvalue weighted by Gasteiger charge is -2.56. The predicted octanol–water partition coefficient (Wildman–Crippen LogP) is 12.5. The van der Waals surface area contributed by atoms with E-state index in [4.69, 9.17) is 9.47 Å². The molecule has 2 fully saturated rings. The van der Waals surface area contributed by atoms with E-state index in [2.05, 4.69) is 168 Å². The van der Waals surface area contributed by atoms with Crippen LogP contribution >= 0.6 is 0 Å². The smallest absolute Gasteiger partial charge is 0.317 e. The van der Waals surface area contributed by atoms with E-state index in [0.717, 1.165) is 12.8 Å². The molecule has 0 N–H and O–H groups in total. The summed E-state index contributed by atoms with van der Waals surface area (Å²) in [7, 11) is 0. The molecule has 0 aromatic heterocycles. The normalized spacial score (nSPS) is 22.2. The van der Waals surface area contributed by atoms with Gasteiger partial charge in [0, 0.05) is 0 Å². The van der Waals surface area contributed by atoms with Gasteiger partial charge >= 0.3 is 23.9 Å². The van der Waals surface area contributed by atoms with Crippen molar-refractivity contribution in [2.24, 2.45) is 78.8 Å². The van der Waals surface area contributed by atoms with Crippen LogP contribution in [0, 0.1) is 78.8 Å². The van der Waals surface area contributed by atoms with Gasteiger partial charge in [-0.2, -0.15) is 0 Å². The molecule has 0 bridgehead atoms. The van der Waals surface area contributed by atoms with Crippen LogP contribution in [0.5, 0.6) is 0 Å². The number of carbonyl (C=O) groups excluding carboxylic acids is 4. The summed E-state index contributed by atoms with van der Waals surface area (Å²) in [6.07, 6.45) is 15.8. The average molecular weight is 765 g/mol. The summed E-state index contributed by atoms with van der Waals surface area (Å²) in [5.74, 6) is -3.43. The first-order valence-corrected chi connectivity index (χ1v) is 20.7. The van der Waals surface area contributed by atoms with Gasteiger partial charge in [-0.15, -0.1) is 13.2 Å². The fraction of sp³-hybridized carbons (Fsp3) is 0.755. The highest BCUT2D eigenvalue weighted by Gasteiger charge is 2.57. The van der Waals surface area contributed by atoms with Crippen molar-refractivity contribution in [3.8, 4) is 0 Å². The number of hydrogen-bond acceptors (Lipinski definition) is 6. The Morgan fingerprint density at radius 1 is 0.618 bits per heavy atom. The van der Waals surface area contributed by atoms with Crippen LogP contribution in [0.25, 0.3) is 0 Å². The van der Waals surface area contributed by atoms with Crippen molar-refractivity contribution >= 4 is 23.9 Å². The van der Waals surface area contributed by atoms with E-state index in [1.165, 1.54) is 0 Å². The third-order valence-electron chi connectivity index (χ3n) is 15.1. The second-order valence-corrected chi connectivity index (χ2v) is 23.0. The fourth-order valence-electron chi connectivity index (χ4n) is 8.87. The van der Waals surface area contributed by atoms with Crippen molar-refractivity contribution in [3.05, 3.63) is 49.6 Å². The van der Waals surface area contributed by atoms with Crippen molar-refractivity contribution in [1.29, 1.82) is 0 Å². The van der Waals surface area contributed by atoms with Crippen molar-refractivity contribution in [2.75, 3.05) is 0 Å². The van der Waals surface area contributed by atoms with Gasteiger partial charge in [-0.1, -0.05) is 161 Å². The molecule has 312 valence electrons. The van der Waals surface area contributed by atoms with Gasteiger partial charge in [-0.25, -0.2) is 0 Å². The zero-order valence-corrected chi connectivity index (χ0v) is 38.3. The van der Waals surface area contributed by atoms with Gasteiger partial charge < -0.3 is 9.47 Å². The van der Waals surface area contributed by atoms with Gasteiger partial charge in [-0.05, 0) is 86.3 Å². The van der Waals surface area contributed by atoms with Crippen molar-refractivity contribution in [1.82, 2.24) is 0 Å². The summed E-state index contributed by atoms with van der Waals surface area (Å²) in [5.41, 5.74) is -1.76. The first-order valence-electron chi connectivity index (χ1n) is 20.7. The highest BCUT2D eigenvalue weighted by molar-refractivity contribution is 5.95. The van der Waals surface area contributed by atoms with E-state index < -0.39 is 52.0 Å². The molecule has 0 radical (unpaired) electrons. The third kappa shape index (κ3) is 11.0. The molecular weight excluding hydrogens is 685 g/mol. The number of allylic oxidation sites excluding steroid dienone is 6. The van der Waals surface area contributed by atoms with E-state index in [-0.39, 0.29) is 57.7 Å². The molecule has 0 aromatic rings. The second kappa shape index (κ2) is 16.6. The summed E-state index contributed by atoms with van der Waals surface area (Å²) in [6, 6.07) is 0. The standard InChI is InChI=1S/C49H80O6/c1-21-33(43(6,7)8)31-47(15,16)44(9,10)25-23-26-45(11,12)48(17,18)36(22-2)39(35-29-38(51)55-41(35)53)49(19,20)46(13,14)27-24-32(30-42(3,4)5)34-28-37(50)54-40(34)52/h21-24,26-27,32-36,39H,1-2,25,28-31H2,3-20H3/b26-23+,27-24+. The SMILES string of the molecule is C=CC(CC(C)(C)C(C)(C)C/C=C/C(C)(C)C(C)(C)C(C=C)C(C1CC(=O)OC1=O)C(C)(C)C(C)(C)/C=C/C(CC(C)(C)C)C1CC(=O)OC1=O)C(C)(C)C. The van der Waals surface area contributed by atoms with Gasteiger partial charge in [0.25, 0.3) is 0 Å². The molecule has 6 unspecified atom stereocenters. The molecule has 2 aliphatic rings. The quantitative estimate of drug-likeness (QED) is 0.0785. The Morgan fingerprint density at radius 3 is 1.49 bits per heavy atom. The maximum atomic E-state index is 13.6. The van der Waals surface area contributed by atoms with Crippen molar-refractivity contribution in [2.45, 2.75) is 157 Å². The average Bonchev–Trinajstić information content (AvgIpc) is 3.52. The molecule has 55 heavy (non-hydrogen) atoms. The predicted molar refractivity (Wildman–Crippen MR) is 226 cm³/mol. The van der Waals surface area contributed by atoms with E-state index in [9.17, 15) is 19.2 Å². The van der Waals surface area contributed by atoms with Crippen LogP contribution in [0.2, 0.25) is 0 Å². The summed E-state index contributed by atoms with van der Waals surface area (Å²) < 4.78 is 10.2. The molecule has 6 atom stereocenters. The number of carbonyl (C=O) groups is 4. The molecule has 6 heteroatoms. The van der Waals surface area contributed by atoms with E-state index in [1.807, 2.05) is 6.08 Å². The fourth-order valence-corrected chi connectivity index (χ4v) is 8.87. The van der Waals surface area contributed by atoms with Crippen LogP contribution < -0.4 is 0 Å². The molecule has 0 saturated carbocycles. The maximum absolute atomic E-state index is 13.6. The Hall–Kier alpha value is -2.76. The maximum Gasteiger partial charge on any atom is 0.317 e. The van der Waals surface area contributed by atoms with Gasteiger partial charge in [0.05, 0.1) is 24.7 Å². The number of cyclic esters (lactones) is 4. The highest BCUT2D eigenvalue weighted by atomic mass is 16.6. The van der Waals surface area contributed by atoms with E-state index in [0.29, 0.717) is 12.3 Å². The van der Waals surface area contributed by atoms with Gasteiger partial charge in [0.15, 0.2) is 0 Å². The summed E-state index contributed by atoms with van der Waals surface area (Å²) in [4.78, 5) is 51.3. The Kier molecular flexibility index (Phi) is 14.6. The molecule has 0 aliphatic carbocycles. The van der Waals surface area contributed by atoms with E-state index in [1.54, 1.807) is 0 Å². The van der Waals surface area contributed by atoms with Crippen LogP contribution in [-0.2, 0) is 28.7 Å². The number of hydrogen-bond donors (Lipinski definition) is 0. The van der Waals surface area contributed by atoms with E-state index >= 15 is 0 Å². The van der Waals surface area contributed by atoms with Crippen LogP contribution in [-0.4, -0.2) is 23.9 Å². The Morgan fingerprint density at radius 2 is 1.09 bits per heavy atom. The minimum atomic E-state index is -0.648. The third-order valence-corrected chi connectivity index (χ3v) is 15.1. The van der Waals surface area contributed by atoms with Gasteiger partial charge in [0.2, 0.25) is 0 Å². The Labute approximate surface area is 336 Å². The van der Waals surface area contributed by atoms with Gasteiger partial charge in [-0.3, -0.25) is 19.2 Å². The number of rotatable bonds is 18. The summed E-state index contributed by atoms with van der Waals surface area (Å²) in [5, 5.41) is 0. The molecule has 0 amide bonds. The Bertz CT molecular complexity index is 1500. The van der Waals surface area contributed by atoms with Crippen molar-refractivity contribution in [3.63, 3.8) is 0 Å². The van der Waals surface area contributed by atoms with Crippen LogP contribution in [0.15, 0.2) is 49.6 Å². The molecule has 0 spiro atoms. The molecule has 2 saturated heterocycles. The van der Waals surface area contributed by atoms with Crippen LogP contribution in [0.1, 0.15) is 157 Å². The lowest BCUT2D eigenvalue weighted by molar-refractivity contribution is -0.156. The highest BCUT2D eigenvalue weighted by Crippen LogP contribution is 2.60. The lowest BCUT2D eigenvalue weighted by Crippen LogP contribution is -2.52. The van der Waals surface area contributed by atoms with Crippen LogP contribution in [0.4, 0.5) is 0 Å². The zero-order valence-electron chi connectivity index (χ0n) is 38.3. The summed E-state index contributed by atoms with van der Waals surface area (Å²) in [6.45, 7) is 49.0. The molecule has 0 aromatic carbocycles. The lowest BCUT2D eigenvalue weighted by atomic mass is 9.48. The molecular formula is C49H80O6. The topological polar surface area (TPSA) is 86.7 Å². The minimum Gasteiger partial charge on any atom is -0.393 e. The first kappa shape index (κ1) is 48.4. The molecule has 6 nitrogen and oxygen atoms in total. The number of ether oxygens (including phenoxy) is 2. The molecule has 2 aliphatic heterocycles. The Balaban J connectivity index is 2.60. The summed E-state index contributed by atoms with van der Waals surface area (Å²) >= 11 is 0. The monoisotopic (exact) mass is 765 g/mol. The second-order valence-electron chi connectivity index (χ2n) is 23.0. The number of esters is 4. The van der Waals surface area contributed by atoms with Crippen LogP contribution in [0.3, 0.4) is 0 Å². The first-order chi connectivity index (χ1) is 24.6.